The lowest BCUT2D eigenvalue weighted by molar-refractivity contribution is -0.116. The van der Waals surface area contributed by atoms with Crippen LogP contribution in [0.25, 0.3) is 11.0 Å². The predicted molar refractivity (Wildman–Crippen MR) is 114 cm³/mol. The monoisotopic (exact) mass is 463 g/mol. The molecule has 32 heavy (non-hydrogen) atoms. The van der Waals surface area contributed by atoms with E-state index in [2.05, 4.69) is 15.6 Å². The van der Waals surface area contributed by atoms with Crippen molar-refractivity contribution in [3.8, 4) is 0 Å². The standard InChI is InChI=1S/C21H23F2N5O3S/c22-15-6-8-17(23)18(13-15)24-21(29)5-4-12-28-20-9-7-16(14-19(20)25-26-28)32(30,31)27-10-2-1-3-11-27/h6-9,13-14H,1-5,10-12H2,(H,24,29). The minimum atomic E-state index is -3.56. The number of hydrogen-bond acceptors (Lipinski definition) is 5. The Morgan fingerprint density at radius 3 is 2.62 bits per heavy atom. The van der Waals surface area contributed by atoms with Crippen molar-refractivity contribution < 1.29 is 22.0 Å². The molecule has 1 fully saturated rings. The average Bonchev–Trinajstić information content (AvgIpc) is 3.19. The van der Waals surface area contributed by atoms with Crippen LogP contribution in [0.15, 0.2) is 41.3 Å². The summed E-state index contributed by atoms with van der Waals surface area (Å²) in [5.41, 5.74) is 0.900. The van der Waals surface area contributed by atoms with Crippen molar-refractivity contribution in [1.29, 1.82) is 0 Å². The summed E-state index contributed by atoms with van der Waals surface area (Å²) in [5.74, 6) is -1.80. The second kappa shape index (κ2) is 9.29. The van der Waals surface area contributed by atoms with Gasteiger partial charge in [-0.2, -0.15) is 4.31 Å². The van der Waals surface area contributed by atoms with E-state index in [1.807, 2.05) is 0 Å². The Hall–Kier alpha value is -2.92. The van der Waals surface area contributed by atoms with E-state index in [0.717, 1.165) is 37.5 Å². The molecule has 3 aromatic rings. The lowest BCUT2D eigenvalue weighted by atomic mass is 10.2. The Morgan fingerprint density at radius 1 is 1.06 bits per heavy atom. The molecule has 2 heterocycles. The summed E-state index contributed by atoms with van der Waals surface area (Å²) >= 11 is 0. The van der Waals surface area contributed by atoms with Crippen molar-refractivity contribution in [2.75, 3.05) is 18.4 Å². The summed E-state index contributed by atoms with van der Waals surface area (Å²) in [6.45, 7) is 1.40. The lowest BCUT2D eigenvalue weighted by Crippen LogP contribution is -2.35. The molecular formula is C21H23F2N5O3S. The van der Waals surface area contributed by atoms with E-state index < -0.39 is 27.6 Å². The summed E-state index contributed by atoms with van der Waals surface area (Å²) in [5, 5.41) is 10.5. The number of piperidine rings is 1. The van der Waals surface area contributed by atoms with Gasteiger partial charge >= 0.3 is 0 Å². The van der Waals surface area contributed by atoms with Gasteiger partial charge in [0.2, 0.25) is 15.9 Å². The second-order valence-electron chi connectivity index (χ2n) is 7.70. The quantitative estimate of drug-likeness (QED) is 0.580. The molecule has 0 spiro atoms. The number of halogens is 2. The number of aryl methyl sites for hydroxylation is 1. The molecular weight excluding hydrogens is 440 g/mol. The number of anilines is 1. The van der Waals surface area contributed by atoms with E-state index in [0.29, 0.717) is 37.1 Å². The third-order valence-corrected chi connectivity index (χ3v) is 7.31. The van der Waals surface area contributed by atoms with Gasteiger partial charge in [-0.3, -0.25) is 4.79 Å². The maximum absolute atomic E-state index is 13.6. The van der Waals surface area contributed by atoms with E-state index in [9.17, 15) is 22.0 Å². The van der Waals surface area contributed by atoms with Gasteiger partial charge in [0, 0.05) is 32.1 Å². The number of carbonyl (C=O) groups excluding carboxylic acids is 1. The molecule has 0 atom stereocenters. The largest absolute Gasteiger partial charge is 0.324 e. The molecule has 0 radical (unpaired) electrons. The van der Waals surface area contributed by atoms with Gasteiger partial charge in [-0.25, -0.2) is 21.9 Å². The van der Waals surface area contributed by atoms with Crippen LogP contribution in [0.3, 0.4) is 0 Å². The minimum Gasteiger partial charge on any atom is -0.324 e. The first kappa shape index (κ1) is 22.3. The van der Waals surface area contributed by atoms with Crippen molar-refractivity contribution in [3.63, 3.8) is 0 Å². The Morgan fingerprint density at radius 2 is 1.84 bits per heavy atom. The number of fused-ring (bicyclic) bond motifs is 1. The van der Waals surface area contributed by atoms with Crippen LogP contribution in [0, 0.1) is 11.6 Å². The highest BCUT2D eigenvalue weighted by molar-refractivity contribution is 7.89. The average molecular weight is 464 g/mol. The van der Waals surface area contributed by atoms with Crippen LogP contribution in [0.5, 0.6) is 0 Å². The van der Waals surface area contributed by atoms with Crippen LogP contribution in [-0.2, 0) is 21.4 Å². The van der Waals surface area contributed by atoms with Gasteiger partial charge in [0.1, 0.15) is 17.2 Å². The van der Waals surface area contributed by atoms with Gasteiger partial charge in [-0.15, -0.1) is 5.10 Å². The van der Waals surface area contributed by atoms with E-state index in [1.54, 1.807) is 16.8 Å². The molecule has 0 unspecified atom stereocenters. The minimum absolute atomic E-state index is 0.0682. The summed E-state index contributed by atoms with van der Waals surface area (Å²) in [7, 11) is -3.56. The van der Waals surface area contributed by atoms with Crippen molar-refractivity contribution in [1.82, 2.24) is 19.3 Å². The van der Waals surface area contributed by atoms with Crippen molar-refractivity contribution in [3.05, 3.63) is 48.0 Å². The number of nitrogens with one attached hydrogen (secondary N) is 1. The first-order chi connectivity index (χ1) is 15.3. The molecule has 1 aliphatic heterocycles. The number of nitrogens with zero attached hydrogens (tertiary/aromatic N) is 4. The number of amides is 1. The molecule has 0 saturated carbocycles. The number of hydrogen-bond donors (Lipinski definition) is 1. The van der Waals surface area contributed by atoms with Crippen LogP contribution in [0.1, 0.15) is 32.1 Å². The lowest BCUT2D eigenvalue weighted by Gasteiger charge is -2.25. The van der Waals surface area contributed by atoms with Gasteiger partial charge < -0.3 is 5.32 Å². The van der Waals surface area contributed by atoms with Gasteiger partial charge in [0.05, 0.1) is 16.1 Å². The molecule has 1 amide bonds. The van der Waals surface area contributed by atoms with Gasteiger partial charge in [-0.05, 0) is 49.6 Å². The summed E-state index contributed by atoms with van der Waals surface area (Å²) in [4.78, 5) is 12.2. The Bertz CT molecular complexity index is 1240. The van der Waals surface area contributed by atoms with Crippen LogP contribution in [0.4, 0.5) is 14.5 Å². The van der Waals surface area contributed by atoms with Crippen LogP contribution in [-0.4, -0.2) is 46.7 Å². The molecule has 1 aliphatic rings. The van der Waals surface area contributed by atoms with Crippen molar-refractivity contribution >= 4 is 32.7 Å². The van der Waals surface area contributed by atoms with Crippen LogP contribution < -0.4 is 5.32 Å². The van der Waals surface area contributed by atoms with Gasteiger partial charge in [0.25, 0.3) is 0 Å². The molecule has 0 aliphatic carbocycles. The Labute approximate surface area is 184 Å². The zero-order valence-corrected chi connectivity index (χ0v) is 18.1. The smallest absolute Gasteiger partial charge is 0.243 e. The third kappa shape index (κ3) is 4.78. The highest BCUT2D eigenvalue weighted by atomic mass is 32.2. The highest BCUT2D eigenvalue weighted by Gasteiger charge is 2.26. The number of benzene rings is 2. The molecule has 1 saturated heterocycles. The molecule has 1 aromatic heterocycles. The molecule has 0 bridgehead atoms. The molecule has 4 rings (SSSR count). The second-order valence-corrected chi connectivity index (χ2v) is 9.64. The molecule has 170 valence electrons. The number of aromatic nitrogens is 3. The first-order valence-electron chi connectivity index (χ1n) is 10.4. The van der Waals surface area contributed by atoms with Gasteiger partial charge in [-0.1, -0.05) is 11.6 Å². The summed E-state index contributed by atoms with van der Waals surface area (Å²) < 4.78 is 55.7. The van der Waals surface area contributed by atoms with E-state index in [-0.39, 0.29) is 17.0 Å². The number of carbonyl (C=O) groups is 1. The maximum atomic E-state index is 13.6. The van der Waals surface area contributed by atoms with E-state index in [4.69, 9.17) is 0 Å². The predicted octanol–water partition coefficient (Wildman–Crippen LogP) is 3.30. The topological polar surface area (TPSA) is 97.2 Å². The van der Waals surface area contributed by atoms with Crippen LogP contribution >= 0.6 is 0 Å². The molecule has 8 nitrogen and oxygen atoms in total. The van der Waals surface area contributed by atoms with E-state index in [1.165, 1.54) is 10.4 Å². The molecule has 1 N–H and O–H groups in total. The highest BCUT2D eigenvalue weighted by Crippen LogP contribution is 2.23. The Kier molecular flexibility index (Phi) is 6.47. The Balaban J connectivity index is 1.39. The normalized spacial score (nSPS) is 15.2. The number of rotatable bonds is 7. The molecule has 11 heteroatoms. The zero-order valence-electron chi connectivity index (χ0n) is 17.3. The maximum Gasteiger partial charge on any atom is 0.243 e. The van der Waals surface area contributed by atoms with Crippen molar-refractivity contribution in [2.24, 2.45) is 0 Å². The van der Waals surface area contributed by atoms with Crippen LogP contribution in [0.2, 0.25) is 0 Å². The SMILES string of the molecule is O=C(CCCn1nnc2cc(S(=O)(=O)N3CCCCC3)ccc21)Nc1cc(F)ccc1F. The zero-order chi connectivity index (χ0) is 22.7. The fraction of sp³-hybridized carbons (Fsp3) is 0.381. The van der Waals surface area contributed by atoms with E-state index >= 15 is 0 Å². The van der Waals surface area contributed by atoms with Gasteiger partial charge in [0.15, 0.2) is 0 Å². The fourth-order valence-electron chi connectivity index (χ4n) is 3.73. The summed E-state index contributed by atoms with van der Waals surface area (Å²) in [6, 6.07) is 7.58. The number of sulfonamides is 1. The molecule has 2 aromatic carbocycles. The fourth-order valence-corrected chi connectivity index (χ4v) is 5.26. The first-order valence-corrected chi connectivity index (χ1v) is 11.9. The van der Waals surface area contributed by atoms with Crippen molar-refractivity contribution in [2.45, 2.75) is 43.5 Å². The summed E-state index contributed by atoms with van der Waals surface area (Å²) in [6.07, 6.45) is 3.20. The third-order valence-electron chi connectivity index (χ3n) is 5.41.